The third-order valence-corrected chi connectivity index (χ3v) is 3.29. The molecule has 0 aliphatic carbocycles. The summed E-state index contributed by atoms with van der Waals surface area (Å²) < 4.78 is 0. The van der Waals surface area contributed by atoms with Crippen molar-refractivity contribution < 1.29 is 4.79 Å². The number of nitrogens with zero attached hydrogens (tertiary/aromatic N) is 2. The van der Waals surface area contributed by atoms with Gasteiger partial charge in [0.15, 0.2) is 0 Å². The molecule has 1 aromatic heterocycles. The van der Waals surface area contributed by atoms with Gasteiger partial charge in [-0.05, 0) is 44.8 Å². The SMILES string of the molecule is CC.Cc1ncccc1-c1cccc(C(=O)NCCN(C)C)c1. The normalized spacial score (nSPS) is 10.0. The van der Waals surface area contributed by atoms with E-state index in [1.54, 1.807) is 6.20 Å². The molecule has 0 fully saturated rings. The molecular weight excluding hydrogens is 286 g/mol. The lowest BCUT2D eigenvalue weighted by molar-refractivity contribution is 0.0951. The Kier molecular flexibility index (Phi) is 7.98. The Bertz CT molecular complexity index is 624. The second kappa shape index (κ2) is 9.74. The van der Waals surface area contributed by atoms with Crippen LogP contribution >= 0.6 is 0 Å². The summed E-state index contributed by atoms with van der Waals surface area (Å²) in [5.74, 6) is -0.0414. The lowest BCUT2D eigenvalue weighted by Crippen LogP contribution is -2.31. The van der Waals surface area contributed by atoms with E-state index in [4.69, 9.17) is 0 Å². The van der Waals surface area contributed by atoms with E-state index >= 15 is 0 Å². The predicted octanol–water partition coefficient (Wildman–Crippen LogP) is 3.37. The third kappa shape index (κ3) is 5.83. The number of carbonyl (C=O) groups is 1. The number of benzene rings is 1. The third-order valence-electron chi connectivity index (χ3n) is 3.29. The standard InChI is InChI=1S/C17H21N3O.C2H6/c1-13-16(8-5-9-18-13)14-6-4-7-15(12-14)17(21)19-10-11-20(2)3;1-2/h4-9,12H,10-11H2,1-3H3,(H,19,21);1-2H3. The Morgan fingerprint density at radius 3 is 2.57 bits per heavy atom. The lowest BCUT2D eigenvalue weighted by atomic mass is 10.0. The number of nitrogens with one attached hydrogen (secondary N) is 1. The molecule has 0 bridgehead atoms. The second-order valence-corrected chi connectivity index (χ2v) is 5.28. The predicted molar refractivity (Wildman–Crippen MR) is 96.6 cm³/mol. The van der Waals surface area contributed by atoms with Gasteiger partial charge in [-0.25, -0.2) is 0 Å². The average Bonchev–Trinajstić information content (AvgIpc) is 2.57. The molecule has 1 heterocycles. The first-order valence-electron chi connectivity index (χ1n) is 8.03. The summed E-state index contributed by atoms with van der Waals surface area (Å²) >= 11 is 0. The molecule has 1 aromatic carbocycles. The van der Waals surface area contributed by atoms with Crippen LogP contribution < -0.4 is 5.32 Å². The van der Waals surface area contributed by atoms with Crippen LogP contribution in [0, 0.1) is 6.92 Å². The maximum Gasteiger partial charge on any atom is 0.251 e. The van der Waals surface area contributed by atoms with Crippen LogP contribution in [0.5, 0.6) is 0 Å². The van der Waals surface area contributed by atoms with E-state index < -0.39 is 0 Å². The summed E-state index contributed by atoms with van der Waals surface area (Å²) in [6.07, 6.45) is 1.77. The molecule has 2 rings (SSSR count). The van der Waals surface area contributed by atoms with Crippen LogP contribution in [-0.2, 0) is 0 Å². The van der Waals surface area contributed by atoms with Crippen molar-refractivity contribution >= 4 is 5.91 Å². The number of hydrogen-bond acceptors (Lipinski definition) is 3. The molecule has 23 heavy (non-hydrogen) atoms. The van der Waals surface area contributed by atoms with Crippen molar-refractivity contribution in [2.24, 2.45) is 0 Å². The zero-order valence-corrected chi connectivity index (χ0v) is 14.8. The number of amides is 1. The minimum atomic E-state index is -0.0414. The van der Waals surface area contributed by atoms with Crippen LogP contribution in [0.1, 0.15) is 29.9 Å². The van der Waals surface area contributed by atoms with Crippen molar-refractivity contribution in [1.29, 1.82) is 0 Å². The average molecular weight is 313 g/mol. The first-order chi connectivity index (χ1) is 11.1. The lowest BCUT2D eigenvalue weighted by Gasteiger charge is -2.11. The van der Waals surface area contributed by atoms with Crippen LogP contribution in [0.4, 0.5) is 0 Å². The molecule has 4 nitrogen and oxygen atoms in total. The Morgan fingerprint density at radius 1 is 1.17 bits per heavy atom. The Labute approximate surface area is 139 Å². The smallest absolute Gasteiger partial charge is 0.251 e. The first-order valence-corrected chi connectivity index (χ1v) is 8.03. The van der Waals surface area contributed by atoms with Crippen molar-refractivity contribution in [2.75, 3.05) is 27.2 Å². The number of hydrogen-bond donors (Lipinski definition) is 1. The van der Waals surface area contributed by atoms with Crippen molar-refractivity contribution in [3.05, 3.63) is 53.9 Å². The molecule has 124 valence electrons. The summed E-state index contributed by atoms with van der Waals surface area (Å²) in [5.41, 5.74) is 3.71. The van der Waals surface area contributed by atoms with Gasteiger partial charge in [0.05, 0.1) is 0 Å². The van der Waals surface area contributed by atoms with E-state index in [0.29, 0.717) is 12.1 Å². The molecule has 1 N–H and O–H groups in total. The minimum Gasteiger partial charge on any atom is -0.351 e. The molecule has 0 unspecified atom stereocenters. The topological polar surface area (TPSA) is 45.2 Å². The molecule has 0 atom stereocenters. The maximum absolute atomic E-state index is 12.1. The zero-order chi connectivity index (χ0) is 17.2. The molecule has 0 spiro atoms. The molecule has 1 amide bonds. The Morgan fingerprint density at radius 2 is 1.91 bits per heavy atom. The van der Waals surface area contributed by atoms with Gasteiger partial charge in [0.2, 0.25) is 0 Å². The van der Waals surface area contributed by atoms with Gasteiger partial charge in [-0.15, -0.1) is 0 Å². The van der Waals surface area contributed by atoms with E-state index in [9.17, 15) is 4.79 Å². The largest absolute Gasteiger partial charge is 0.351 e. The number of likely N-dealkylation sites (N-methyl/N-ethyl adjacent to an activating group) is 1. The quantitative estimate of drug-likeness (QED) is 0.920. The molecular formula is C19H27N3O. The highest BCUT2D eigenvalue weighted by Crippen LogP contribution is 2.22. The van der Waals surface area contributed by atoms with Gasteiger partial charge in [0.1, 0.15) is 0 Å². The number of aryl methyl sites for hydroxylation is 1. The van der Waals surface area contributed by atoms with E-state index in [1.165, 1.54) is 0 Å². The second-order valence-electron chi connectivity index (χ2n) is 5.28. The highest BCUT2D eigenvalue weighted by Gasteiger charge is 2.08. The monoisotopic (exact) mass is 313 g/mol. The summed E-state index contributed by atoms with van der Waals surface area (Å²) in [5, 5.41) is 2.93. The molecule has 0 saturated heterocycles. The maximum atomic E-state index is 12.1. The number of carbonyl (C=O) groups excluding carboxylic acids is 1. The summed E-state index contributed by atoms with van der Waals surface area (Å²) in [6.45, 7) is 7.44. The fourth-order valence-electron chi connectivity index (χ4n) is 2.11. The Balaban J connectivity index is 0.00000127. The van der Waals surface area contributed by atoms with Gasteiger partial charge < -0.3 is 10.2 Å². The fraction of sp³-hybridized carbons (Fsp3) is 0.368. The van der Waals surface area contributed by atoms with Crippen molar-refractivity contribution in [1.82, 2.24) is 15.2 Å². The highest BCUT2D eigenvalue weighted by molar-refractivity contribution is 5.95. The van der Waals surface area contributed by atoms with Crippen molar-refractivity contribution in [2.45, 2.75) is 20.8 Å². The molecule has 0 aliphatic rings. The van der Waals surface area contributed by atoms with Crippen LogP contribution in [-0.4, -0.2) is 43.0 Å². The molecule has 0 saturated carbocycles. The number of aromatic nitrogens is 1. The first kappa shape index (κ1) is 18.8. The highest BCUT2D eigenvalue weighted by atomic mass is 16.1. The molecule has 0 aliphatic heterocycles. The van der Waals surface area contributed by atoms with Crippen LogP contribution in [0.25, 0.3) is 11.1 Å². The van der Waals surface area contributed by atoms with Crippen LogP contribution in [0.2, 0.25) is 0 Å². The number of pyridine rings is 1. The number of rotatable bonds is 5. The van der Waals surface area contributed by atoms with E-state index in [2.05, 4.69) is 10.3 Å². The fourth-order valence-corrected chi connectivity index (χ4v) is 2.11. The molecule has 2 aromatic rings. The van der Waals surface area contributed by atoms with Gasteiger partial charge >= 0.3 is 0 Å². The summed E-state index contributed by atoms with van der Waals surface area (Å²) in [4.78, 5) is 18.5. The van der Waals surface area contributed by atoms with Crippen LogP contribution in [0.3, 0.4) is 0 Å². The van der Waals surface area contributed by atoms with Gasteiger partial charge in [0.25, 0.3) is 5.91 Å². The Hall–Kier alpha value is -2.20. The van der Waals surface area contributed by atoms with E-state index in [1.807, 2.05) is 76.2 Å². The van der Waals surface area contributed by atoms with E-state index in [-0.39, 0.29) is 5.91 Å². The van der Waals surface area contributed by atoms with Gasteiger partial charge in [-0.3, -0.25) is 9.78 Å². The summed E-state index contributed by atoms with van der Waals surface area (Å²) in [7, 11) is 3.97. The molecule has 0 radical (unpaired) electrons. The van der Waals surface area contributed by atoms with Gasteiger partial charge in [-0.2, -0.15) is 0 Å². The summed E-state index contributed by atoms with van der Waals surface area (Å²) in [6, 6.07) is 11.6. The van der Waals surface area contributed by atoms with Crippen LogP contribution in [0.15, 0.2) is 42.6 Å². The van der Waals surface area contributed by atoms with Gasteiger partial charge in [0, 0.05) is 36.1 Å². The van der Waals surface area contributed by atoms with Crippen molar-refractivity contribution in [3.8, 4) is 11.1 Å². The zero-order valence-electron chi connectivity index (χ0n) is 14.8. The van der Waals surface area contributed by atoms with E-state index in [0.717, 1.165) is 23.4 Å². The van der Waals surface area contributed by atoms with Gasteiger partial charge in [-0.1, -0.05) is 32.0 Å². The van der Waals surface area contributed by atoms with Crippen molar-refractivity contribution in [3.63, 3.8) is 0 Å². The molecule has 4 heteroatoms. The minimum absolute atomic E-state index is 0.0414.